The third-order valence-electron chi connectivity index (χ3n) is 7.32. The molecule has 0 radical (unpaired) electrons. The molecule has 1 unspecified atom stereocenters. The zero-order valence-electron chi connectivity index (χ0n) is 14.7. The minimum atomic E-state index is -1.65. The highest BCUT2D eigenvalue weighted by molar-refractivity contribution is 6.70. The van der Waals surface area contributed by atoms with Crippen molar-refractivity contribution in [3.05, 3.63) is 11.3 Å². The highest BCUT2D eigenvalue weighted by atomic mass is 28.4. The number of rotatable bonds is 2. The molecule has 4 rings (SSSR count). The number of hydrogen-bond donors (Lipinski definition) is 0. The van der Waals surface area contributed by atoms with Crippen molar-refractivity contribution in [1.29, 1.82) is 5.26 Å². The van der Waals surface area contributed by atoms with Gasteiger partial charge in [-0.2, -0.15) is 5.26 Å². The van der Waals surface area contributed by atoms with Gasteiger partial charge in [0.05, 0.1) is 23.2 Å². The van der Waals surface area contributed by atoms with Crippen molar-refractivity contribution in [3.63, 3.8) is 0 Å². The predicted octanol–water partition coefficient (Wildman–Crippen LogP) is 4.42. The van der Waals surface area contributed by atoms with Gasteiger partial charge in [0.2, 0.25) is 8.32 Å². The number of Topliss-reactive ketones (excluding diaryl/α,β-unsaturated/α-hetero) is 1. The molecule has 0 heterocycles. The lowest BCUT2D eigenvalue weighted by Gasteiger charge is -2.43. The van der Waals surface area contributed by atoms with E-state index in [0.29, 0.717) is 24.0 Å². The summed E-state index contributed by atoms with van der Waals surface area (Å²) in [7, 11) is -1.65. The van der Waals surface area contributed by atoms with E-state index in [2.05, 4.69) is 32.6 Å². The minimum absolute atomic E-state index is 0.0549. The van der Waals surface area contributed by atoms with E-state index in [9.17, 15) is 10.1 Å². The molecule has 0 saturated heterocycles. The SMILES string of the molecule is CC1=C(O[Si](C)(C)C)C[C@H]2CC(=O)[C@@]34[C@@H](CC[C@@H]3C#N)CCC124. The topological polar surface area (TPSA) is 50.1 Å². The van der Waals surface area contributed by atoms with Crippen LogP contribution in [-0.2, 0) is 9.22 Å². The summed E-state index contributed by atoms with van der Waals surface area (Å²) in [6.07, 6.45) is 5.79. The predicted molar refractivity (Wildman–Crippen MR) is 90.8 cm³/mol. The van der Waals surface area contributed by atoms with Gasteiger partial charge in [-0.3, -0.25) is 4.79 Å². The number of carbonyl (C=O) groups is 1. The van der Waals surface area contributed by atoms with Crippen LogP contribution in [0.15, 0.2) is 11.3 Å². The maximum absolute atomic E-state index is 13.2. The highest BCUT2D eigenvalue weighted by Crippen LogP contribution is 2.78. The van der Waals surface area contributed by atoms with Gasteiger partial charge in [-0.25, -0.2) is 0 Å². The summed E-state index contributed by atoms with van der Waals surface area (Å²) in [5.74, 6) is 2.32. The molecule has 0 aromatic rings. The number of nitriles is 1. The van der Waals surface area contributed by atoms with Crippen LogP contribution in [0.3, 0.4) is 0 Å². The molecule has 3 nitrogen and oxygen atoms in total. The number of carbonyl (C=O) groups excluding carboxylic acids is 1. The van der Waals surface area contributed by atoms with Gasteiger partial charge in [-0.1, -0.05) is 0 Å². The Bertz CT molecular complexity index is 655. The van der Waals surface area contributed by atoms with E-state index in [1.165, 1.54) is 11.3 Å². The summed E-state index contributed by atoms with van der Waals surface area (Å²) in [6.45, 7) is 8.90. The second-order valence-electron chi connectivity index (χ2n) is 9.13. The van der Waals surface area contributed by atoms with E-state index >= 15 is 0 Å². The first-order chi connectivity index (χ1) is 10.8. The van der Waals surface area contributed by atoms with Gasteiger partial charge in [-0.05, 0) is 69.7 Å². The Hall–Kier alpha value is -1.08. The van der Waals surface area contributed by atoms with Crippen LogP contribution in [0.5, 0.6) is 0 Å². The van der Waals surface area contributed by atoms with Crippen LogP contribution in [0.4, 0.5) is 0 Å². The van der Waals surface area contributed by atoms with E-state index in [4.69, 9.17) is 4.43 Å². The Balaban J connectivity index is 1.87. The Labute approximate surface area is 140 Å². The molecule has 5 atom stereocenters. The average molecular weight is 330 g/mol. The molecule has 3 saturated carbocycles. The molecule has 4 aliphatic rings. The summed E-state index contributed by atoms with van der Waals surface area (Å²) in [4.78, 5) is 13.2. The molecular formula is C19H27NO2Si. The lowest BCUT2D eigenvalue weighted by molar-refractivity contribution is -0.131. The largest absolute Gasteiger partial charge is 0.547 e. The van der Waals surface area contributed by atoms with Crippen molar-refractivity contribution in [2.45, 2.75) is 65.1 Å². The normalized spacial score (nSPS) is 45.0. The van der Waals surface area contributed by atoms with Gasteiger partial charge in [0, 0.05) is 18.3 Å². The number of allylic oxidation sites excluding steroid dienone is 2. The monoisotopic (exact) mass is 329 g/mol. The van der Waals surface area contributed by atoms with Crippen molar-refractivity contribution >= 4 is 14.1 Å². The van der Waals surface area contributed by atoms with Crippen molar-refractivity contribution in [2.24, 2.45) is 28.6 Å². The summed E-state index contributed by atoms with van der Waals surface area (Å²) in [6, 6.07) is 2.54. The van der Waals surface area contributed by atoms with Gasteiger partial charge >= 0.3 is 0 Å². The van der Waals surface area contributed by atoms with Crippen LogP contribution in [0, 0.1) is 39.9 Å². The highest BCUT2D eigenvalue weighted by Gasteiger charge is 2.77. The quantitative estimate of drug-likeness (QED) is 0.705. The molecule has 4 heteroatoms. The summed E-state index contributed by atoms with van der Waals surface area (Å²) >= 11 is 0. The standard InChI is InChI=1S/C19H27NO2Si/c1-12-16(22-23(2,3)4)9-15-10-17(21)19-13(5-6-14(19)11-20)7-8-18(12,15)19/h13-15H,5-10H2,1-4H3/t13-,14+,15-,18?,19+/m0/s1. The van der Waals surface area contributed by atoms with Gasteiger partial charge in [0.25, 0.3) is 0 Å². The Morgan fingerprint density at radius 3 is 2.57 bits per heavy atom. The molecule has 3 fully saturated rings. The lowest BCUT2D eigenvalue weighted by atomic mass is 9.57. The van der Waals surface area contributed by atoms with E-state index in [1.807, 2.05) is 0 Å². The molecule has 23 heavy (non-hydrogen) atoms. The maximum Gasteiger partial charge on any atom is 0.241 e. The summed E-state index contributed by atoms with van der Waals surface area (Å²) < 4.78 is 6.42. The molecular weight excluding hydrogens is 302 g/mol. The summed E-state index contributed by atoms with van der Waals surface area (Å²) in [5.41, 5.74) is 0.905. The van der Waals surface area contributed by atoms with E-state index in [0.717, 1.165) is 32.1 Å². The van der Waals surface area contributed by atoms with E-state index < -0.39 is 8.32 Å². The van der Waals surface area contributed by atoms with E-state index in [-0.39, 0.29) is 16.7 Å². The zero-order valence-corrected chi connectivity index (χ0v) is 15.7. The van der Waals surface area contributed by atoms with Crippen LogP contribution in [0.1, 0.15) is 45.4 Å². The number of nitrogens with zero attached hydrogens (tertiary/aromatic N) is 1. The van der Waals surface area contributed by atoms with Crippen molar-refractivity contribution in [3.8, 4) is 6.07 Å². The molecule has 124 valence electrons. The van der Waals surface area contributed by atoms with Crippen molar-refractivity contribution in [2.75, 3.05) is 0 Å². The minimum Gasteiger partial charge on any atom is -0.547 e. The smallest absolute Gasteiger partial charge is 0.241 e. The fourth-order valence-electron chi connectivity index (χ4n) is 6.87. The third kappa shape index (κ3) is 1.62. The van der Waals surface area contributed by atoms with Crippen LogP contribution >= 0.6 is 0 Å². The Kier molecular flexibility index (Phi) is 3.03. The molecule has 0 aromatic heterocycles. The molecule has 2 spiro atoms. The first kappa shape index (κ1) is 15.4. The van der Waals surface area contributed by atoms with Gasteiger partial charge in [-0.15, -0.1) is 0 Å². The Morgan fingerprint density at radius 1 is 1.17 bits per heavy atom. The fraction of sp³-hybridized carbons (Fsp3) is 0.789. The first-order valence-electron chi connectivity index (χ1n) is 9.09. The molecule has 0 aliphatic heterocycles. The fourth-order valence-corrected chi connectivity index (χ4v) is 7.85. The van der Waals surface area contributed by atoms with Crippen LogP contribution in [0.2, 0.25) is 19.6 Å². The molecule has 0 bridgehead atoms. The molecule has 0 N–H and O–H groups in total. The summed E-state index contributed by atoms with van der Waals surface area (Å²) in [5, 5.41) is 9.79. The van der Waals surface area contributed by atoms with Gasteiger partial charge in [0.1, 0.15) is 5.78 Å². The van der Waals surface area contributed by atoms with Crippen LogP contribution in [0.25, 0.3) is 0 Å². The van der Waals surface area contributed by atoms with Gasteiger partial charge in [0.15, 0.2) is 0 Å². The first-order valence-corrected chi connectivity index (χ1v) is 12.5. The molecule has 0 aromatic carbocycles. The molecule has 4 aliphatic carbocycles. The second kappa shape index (κ2) is 4.50. The van der Waals surface area contributed by atoms with Crippen molar-refractivity contribution < 1.29 is 9.22 Å². The number of ketones is 1. The molecule has 0 amide bonds. The average Bonchev–Trinajstić information content (AvgIpc) is 3.10. The maximum atomic E-state index is 13.2. The van der Waals surface area contributed by atoms with Crippen LogP contribution in [-0.4, -0.2) is 14.1 Å². The zero-order chi connectivity index (χ0) is 16.6. The lowest BCUT2D eigenvalue weighted by Crippen LogP contribution is -2.45. The number of hydrogen-bond acceptors (Lipinski definition) is 3. The van der Waals surface area contributed by atoms with Crippen molar-refractivity contribution in [1.82, 2.24) is 0 Å². The second-order valence-corrected chi connectivity index (χ2v) is 13.6. The third-order valence-corrected chi connectivity index (χ3v) is 8.18. The van der Waals surface area contributed by atoms with E-state index in [1.54, 1.807) is 0 Å². The van der Waals surface area contributed by atoms with Crippen LogP contribution < -0.4 is 0 Å². The Morgan fingerprint density at radius 2 is 1.91 bits per heavy atom. The van der Waals surface area contributed by atoms with Gasteiger partial charge < -0.3 is 4.43 Å².